The number of benzene rings is 1. The van der Waals surface area contributed by atoms with E-state index >= 15 is 0 Å². The molecule has 23 heavy (non-hydrogen) atoms. The normalized spacial score (nSPS) is 13.3. The predicted molar refractivity (Wildman–Crippen MR) is 90.5 cm³/mol. The molecule has 1 aliphatic carbocycles. The molecule has 2 heterocycles. The second kappa shape index (κ2) is 5.31. The Morgan fingerprint density at radius 2 is 2.04 bits per heavy atom. The van der Waals surface area contributed by atoms with Gasteiger partial charge in [-0.25, -0.2) is 4.98 Å². The Hall–Kier alpha value is -2.47. The van der Waals surface area contributed by atoms with Gasteiger partial charge in [0.15, 0.2) is 4.96 Å². The van der Waals surface area contributed by atoms with Crippen LogP contribution in [0.2, 0.25) is 0 Å². The van der Waals surface area contributed by atoms with Gasteiger partial charge in [-0.1, -0.05) is 17.7 Å². The van der Waals surface area contributed by atoms with Crippen molar-refractivity contribution in [3.63, 3.8) is 0 Å². The predicted octanol–water partition coefficient (Wildman–Crippen LogP) is 2.81. The van der Waals surface area contributed by atoms with Gasteiger partial charge in [0, 0.05) is 16.1 Å². The zero-order chi connectivity index (χ0) is 16.0. The summed E-state index contributed by atoms with van der Waals surface area (Å²) >= 11 is 1.57. The van der Waals surface area contributed by atoms with Crippen molar-refractivity contribution >= 4 is 27.9 Å². The van der Waals surface area contributed by atoms with Crippen molar-refractivity contribution in [2.24, 2.45) is 0 Å². The molecular weight excluding hydrogens is 310 g/mol. The Bertz CT molecular complexity index is 970. The number of carbonyl (C=O) groups excluding carboxylic acids is 1. The summed E-state index contributed by atoms with van der Waals surface area (Å²) < 4.78 is 1.65. The lowest BCUT2D eigenvalue weighted by Crippen LogP contribution is -2.23. The van der Waals surface area contributed by atoms with E-state index in [1.54, 1.807) is 27.9 Å². The molecule has 2 aromatic heterocycles. The third kappa shape index (κ3) is 2.35. The molecule has 0 radical (unpaired) electrons. The second-order valence-electron chi connectivity index (χ2n) is 5.74. The van der Waals surface area contributed by atoms with Gasteiger partial charge in [0.05, 0.1) is 6.20 Å². The van der Waals surface area contributed by atoms with E-state index in [0.29, 0.717) is 10.5 Å². The third-order valence-corrected chi connectivity index (χ3v) is 5.27. The molecule has 1 aromatic carbocycles. The van der Waals surface area contributed by atoms with E-state index in [9.17, 15) is 9.59 Å². The van der Waals surface area contributed by atoms with Crippen LogP contribution in [0.25, 0.3) is 4.96 Å². The highest BCUT2D eigenvalue weighted by atomic mass is 32.1. The Labute approximate surface area is 136 Å². The van der Waals surface area contributed by atoms with Crippen molar-refractivity contribution in [3.8, 4) is 0 Å². The van der Waals surface area contributed by atoms with Crippen LogP contribution in [-0.4, -0.2) is 15.3 Å². The number of fused-ring (bicyclic) bond motifs is 3. The van der Waals surface area contributed by atoms with Crippen molar-refractivity contribution in [2.45, 2.75) is 26.2 Å². The van der Waals surface area contributed by atoms with Gasteiger partial charge >= 0.3 is 0 Å². The molecular formula is C17H15N3O2S. The molecule has 116 valence electrons. The molecule has 3 aromatic rings. The number of carbonyl (C=O) groups is 1. The standard InChI is InChI=1S/C17H15N3O2S/c1-10-5-7-11(8-6-10)15(21)19-12-9-18-17-20(16(12)22)13-3-2-4-14(13)23-17/h5-9H,2-4H2,1H3,(H,19,21). The Kier molecular flexibility index (Phi) is 3.27. The average molecular weight is 325 g/mol. The van der Waals surface area contributed by atoms with E-state index in [1.807, 2.05) is 19.1 Å². The zero-order valence-corrected chi connectivity index (χ0v) is 13.4. The van der Waals surface area contributed by atoms with Crippen LogP contribution in [0.5, 0.6) is 0 Å². The van der Waals surface area contributed by atoms with Gasteiger partial charge < -0.3 is 5.32 Å². The summed E-state index contributed by atoms with van der Waals surface area (Å²) in [6, 6.07) is 7.23. The summed E-state index contributed by atoms with van der Waals surface area (Å²) in [5.74, 6) is -0.296. The first kappa shape index (κ1) is 14.1. The van der Waals surface area contributed by atoms with Gasteiger partial charge in [-0.2, -0.15) is 0 Å². The SMILES string of the molecule is Cc1ccc(C(=O)Nc2cnc3sc4c(n3c2=O)CCC4)cc1. The topological polar surface area (TPSA) is 63.5 Å². The quantitative estimate of drug-likeness (QED) is 0.788. The highest BCUT2D eigenvalue weighted by Crippen LogP contribution is 2.29. The molecule has 0 atom stereocenters. The van der Waals surface area contributed by atoms with Crippen LogP contribution in [0.4, 0.5) is 5.69 Å². The number of hydrogen-bond donors (Lipinski definition) is 1. The summed E-state index contributed by atoms with van der Waals surface area (Å²) in [5.41, 5.74) is 2.68. The number of hydrogen-bond acceptors (Lipinski definition) is 4. The fourth-order valence-corrected chi connectivity index (χ4v) is 4.06. The Morgan fingerprint density at radius 3 is 2.83 bits per heavy atom. The number of aryl methyl sites for hydroxylation is 3. The number of aromatic nitrogens is 2. The smallest absolute Gasteiger partial charge is 0.282 e. The number of nitrogens with one attached hydrogen (secondary N) is 1. The van der Waals surface area contributed by atoms with E-state index in [2.05, 4.69) is 10.3 Å². The Morgan fingerprint density at radius 1 is 1.26 bits per heavy atom. The van der Waals surface area contributed by atoms with Crippen molar-refractivity contribution in [1.29, 1.82) is 0 Å². The maximum atomic E-state index is 12.7. The molecule has 0 saturated carbocycles. The lowest BCUT2D eigenvalue weighted by Gasteiger charge is -2.06. The number of nitrogens with zero attached hydrogens (tertiary/aromatic N) is 2. The van der Waals surface area contributed by atoms with Gasteiger partial charge in [-0.3, -0.25) is 14.0 Å². The van der Waals surface area contributed by atoms with Crippen LogP contribution < -0.4 is 10.9 Å². The lowest BCUT2D eigenvalue weighted by atomic mass is 10.1. The van der Waals surface area contributed by atoms with Crippen LogP contribution in [0.1, 0.15) is 32.9 Å². The van der Waals surface area contributed by atoms with Gasteiger partial charge in [-0.15, -0.1) is 11.3 Å². The molecule has 5 nitrogen and oxygen atoms in total. The first-order valence-corrected chi connectivity index (χ1v) is 8.35. The number of amides is 1. The summed E-state index contributed by atoms with van der Waals surface area (Å²) in [6.45, 7) is 1.96. The fourth-order valence-electron chi connectivity index (χ4n) is 2.89. The van der Waals surface area contributed by atoms with Crippen molar-refractivity contribution in [3.05, 3.63) is 62.5 Å². The largest absolute Gasteiger partial charge is 0.316 e. The van der Waals surface area contributed by atoms with Crippen molar-refractivity contribution in [1.82, 2.24) is 9.38 Å². The molecule has 0 fully saturated rings. The molecule has 0 unspecified atom stereocenters. The summed E-state index contributed by atoms with van der Waals surface area (Å²) in [5, 5.41) is 2.69. The zero-order valence-electron chi connectivity index (χ0n) is 12.6. The van der Waals surface area contributed by atoms with E-state index < -0.39 is 0 Å². The average Bonchev–Trinajstić information content (AvgIpc) is 3.11. The molecule has 0 bridgehead atoms. The van der Waals surface area contributed by atoms with Crippen LogP contribution in [0, 0.1) is 6.92 Å². The minimum absolute atomic E-state index is 0.199. The summed E-state index contributed by atoms with van der Waals surface area (Å²) in [4.78, 5) is 31.3. The molecule has 1 aliphatic rings. The number of thiazole rings is 1. The monoisotopic (exact) mass is 325 g/mol. The van der Waals surface area contributed by atoms with Gasteiger partial charge in [0.1, 0.15) is 5.69 Å². The lowest BCUT2D eigenvalue weighted by molar-refractivity contribution is 0.102. The number of rotatable bonds is 2. The molecule has 0 spiro atoms. The van der Waals surface area contributed by atoms with Crippen molar-refractivity contribution < 1.29 is 4.79 Å². The minimum Gasteiger partial charge on any atom is -0.316 e. The van der Waals surface area contributed by atoms with Gasteiger partial charge in [-0.05, 0) is 38.3 Å². The molecule has 1 amide bonds. The first-order valence-electron chi connectivity index (χ1n) is 7.54. The maximum Gasteiger partial charge on any atom is 0.282 e. The fraction of sp³-hybridized carbons (Fsp3) is 0.235. The van der Waals surface area contributed by atoms with Crippen LogP contribution in [-0.2, 0) is 12.8 Å². The summed E-state index contributed by atoms with van der Waals surface area (Å²) in [7, 11) is 0. The van der Waals surface area contributed by atoms with Crippen LogP contribution >= 0.6 is 11.3 Å². The highest BCUT2D eigenvalue weighted by Gasteiger charge is 2.21. The van der Waals surface area contributed by atoms with Crippen LogP contribution in [0.3, 0.4) is 0 Å². The van der Waals surface area contributed by atoms with E-state index in [0.717, 1.165) is 30.5 Å². The van der Waals surface area contributed by atoms with Crippen molar-refractivity contribution in [2.75, 3.05) is 5.32 Å². The third-order valence-electron chi connectivity index (χ3n) is 4.11. The Balaban J connectivity index is 1.72. The van der Waals surface area contributed by atoms with Gasteiger partial charge in [0.25, 0.3) is 11.5 Å². The minimum atomic E-state index is -0.296. The molecule has 0 aliphatic heterocycles. The molecule has 1 N–H and O–H groups in total. The maximum absolute atomic E-state index is 12.7. The molecule has 0 saturated heterocycles. The van der Waals surface area contributed by atoms with Gasteiger partial charge in [0.2, 0.25) is 0 Å². The first-order chi connectivity index (χ1) is 11.1. The van der Waals surface area contributed by atoms with E-state index in [-0.39, 0.29) is 17.2 Å². The van der Waals surface area contributed by atoms with E-state index in [4.69, 9.17) is 0 Å². The second-order valence-corrected chi connectivity index (χ2v) is 6.80. The number of anilines is 1. The summed E-state index contributed by atoms with van der Waals surface area (Å²) in [6.07, 6.45) is 4.43. The molecule has 6 heteroatoms. The van der Waals surface area contributed by atoms with Crippen LogP contribution in [0.15, 0.2) is 35.3 Å². The van der Waals surface area contributed by atoms with E-state index in [1.165, 1.54) is 11.1 Å². The molecule has 4 rings (SSSR count). The highest BCUT2D eigenvalue weighted by molar-refractivity contribution is 7.17.